The van der Waals surface area contributed by atoms with Crippen molar-refractivity contribution in [1.29, 1.82) is 0 Å². The van der Waals surface area contributed by atoms with Crippen molar-refractivity contribution >= 4 is 5.82 Å². The van der Waals surface area contributed by atoms with Crippen LogP contribution in [0, 0.1) is 17.3 Å². The summed E-state index contributed by atoms with van der Waals surface area (Å²) in [6.45, 7) is 11.5. The zero-order chi connectivity index (χ0) is 15.6. The van der Waals surface area contributed by atoms with Gasteiger partial charge in [-0.15, -0.1) is 0 Å². The molecule has 0 bridgehead atoms. The quantitative estimate of drug-likeness (QED) is 0.886. The van der Waals surface area contributed by atoms with E-state index in [2.05, 4.69) is 39.6 Å². The number of aromatic nitrogens is 2. The van der Waals surface area contributed by atoms with Gasteiger partial charge in [-0.25, -0.2) is 9.97 Å². The van der Waals surface area contributed by atoms with Crippen molar-refractivity contribution in [3.63, 3.8) is 0 Å². The van der Waals surface area contributed by atoms with Crippen LogP contribution in [0.1, 0.15) is 77.7 Å². The van der Waals surface area contributed by atoms with Crippen LogP contribution in [0.4, 0.5) is 5.82 Å². The average Bonchev–Trinajstić information content (AvgIpc) is 2.36. The maximum Gasteiger partial charge on any atom is 0.134 e. The molecule has 0 saturated heterocycles. The molecule has 3 heteroatoms. The number of anilines is 1. The van der Waals surface area contributed by atoms with Crippen LogP contribution in [-0.4, -0.2) is 9.97 Å². The first-order valence-electron chi connectivity index (χ1n) is 8.39. The van der Waals surface area contributed by atoms with Gasteiger partial charge in [0, 0.05) is 17.7 Å². The molecule has 1 fully saturated rings. The number of hydrogen-bond acceptors (Lipinski definition) is 3. The Morgan fingerprint density at radius 2 is 1.76 bits per heavy atom. The number of nitrogen functional groups attached to an aromatic ring is 1. The number of rotatable bonds is 3. The molecular formula is C18H31N3. The lowest BCUT2D eigenvalue weighted by molar-refractivity contribution is 0.167. The second kappa shape index (κ2) is 6.33. The van der Waals surface area contributed by atoms with E-state index in [1.54, 1.807) is 0 Å². The van der Waals surface area contributed by atoms with Crippen molar-refractivity contribution in [1.82, 2.24) is 9.97 Å². The zero-order valence-corrected chi connectivity index (χ0v) is 14.3. The molecular weight excluding hydrogens is 258 g/mol. The van der Waals surface area contributed by atoms with Gasteiger partial charge in [0.1, 0.15) is 11.6 Å². The van der Waals surface area contributed by atoms with Crippen molar-refractivity contribution in [3.8, 4) is 0 Å². The molecule has 0 aliphatic heterocycles. The van der Waals surface area contributed by atoms with Crippen LogP contribution in [0.2, 0.25) is 0 Å². The van der Waals surface area contributed by atoms with Gasteiger partial charge < -0.3 is 5.73 Å². The number of nitrogens with zero attached hydrogens (tertiary/aromatic N) is 2. The molecule has 1 heterocycles. The lowest BCUT2D eigenvalue weighted by Crippen LogP contribution is -2.26. The molecule has 1 aromatic rings. The minimum atomic E-state index is 0.421. The van der Waals surface area contributed by atoms with Gasteiger partial charge in [-0.3, -0.25) is 0 Å². The molecule has 118 valence electrons. The molecule has 0 unspecified atom stereocenters. The maximum atomic E-state index is 5.99. The molecule has 0 radical (unpaired) electrons. The van der Waals surface area contributed by atoms with Gasteiger partial charge in [0.05, 0.1) is 0 Å². The first-order valence-corrected chi connectivity index (χ1v) is 8.39. The molecule has 3 nitrogen and oxygen atoms in total. The maximum absolute atomic E-state index is 5.99. The predicted molar refractivity (Wildman–Crippen MR) is 89.1 cm³/mol. The Labute approximate surface area is 129 Å². The van der Waals surface area contributed by atoms with Crippen LogP contribution in [0.15, 0.2) is 6.07 Å². The summed E-state index contributed by atoms with van der Waals surface area (Å²) in [5.74, 6) is 3.54. The zero-order valence-electron chi connectivity index (χ0n) is 14.3. The van der Waals surface area contributed by atoms with Crippen LogP contribution in [0.3, 0.4) is 0 Å². The molecule has 0 aromatic carbocycles. The highest BCUT2D eigenvalue weighted by molar-refractivity contribution is 5.30. The lowest BCUT2D eigenvalue weighted by atomic mass is 9.69. The van der Waals surface area contributed by atoms with Gasteiger partial charge in [-0.05, 0) is 49.4 Å². The molecule has 0 atom stereocenters. The summed E-state index contributed by atoms with van der Waals surface area (Å²) >= 11 is 0. The van der Waals surface area contributed by atoms with Gasteiger partial charge in [-0.2, -0.15) is 0 Å². The van der Waals surface area contributed by atoms with Gasteiger partial charge in [0.2, 0.25) is 0 Å². The van der Waals surface area contributed by atoms with Gasteiger partial charge in [0.15, 0.2) is 0 Å². The highest BCUT2D eigenvalue weighted by Crippen LogP contribution is 2.42. The summed E-state index contributed by atoms with van der Waals surface area (Å²) < 4.78 is 0. The molecule has 0 amide bonds. The van der Waals surface area contributed by atoms with Crippen LogP contribution in [-0.2, 0) is 6.42 Å². The summed E-state index contributed by atoms with van der Waals surface area (Å²) in [6.07, 6.45) is 5.95. The SMILES string of the molecule is CC(C)Cc1cc(N)nc(C2CCC(C(C)(C)C)CC2)n1. The Kier molecular flexibility index (Phi) is 4.90. The molecule has 1 aromatic heterocycles. The van der Waals surface area contributed by atoms with Crippen molar-refractivity contribution in [2.75, 3.05) is 5.73 Å². The van der Waals surface area contributed by atoms with Crippen molar-refractivity contribution in [2.45, 2.75) is 72.6 Å². The van der Waals surface area contributed by atoms with E-state index in [0.29, 0.717) is 23.1 Å². The second-order valence-electron chi connectivity index (χ2n) is 8.15. The van der Waals surface area contributed by atoms with Crippen LogP contribution in [0.25, 0.3) is 0 Å². The molecule has 1 saturated carbocycles. The second-order valence-corrected chi connectivity index (χ2v) is 8.15. The van der Waals surface area contributed by atoms with E-state index >= 15 is 0 Å². The monoisotopic (exact) mass is 289 g/mol. The Balaban J connectivity index is 2.08. The number of hydrogen-bond donors (Lipinski definition) is 1. The highest BCUT2D eigenvalue weighted by atomic mass is 15.0. The predicted octanol–water partition coefficient (Wildman–Crippen LogP) is 4.58. The van der Waals surface area contributed by atoms with E-state index in [1.807, 2.05) is 6.07 Å². The third-order valence-corrected chi connectivity index (χ3v) is 4.75. The van der Waals surface area contributed by atoms with Gasteiger partial charge in [0.25, 0.3) is 0 Å². The summed E-state index contributed by atoms with van der Waals surface area (Å²) in [5, 5.41) is 0. The Hall–Kier alpha value is -1.12. The van der Waals surface area contributed by atoms with E-state index in [1.165, 1.54) is 25.7 Å². The third kappa shape index (κ3) is 4.42. The molecule has 21 heavy (non-hydrogen) atoms. The van der Waals surface area contributed by atoms with Crippen LogP contribution < -0.4 is 5.73 Å². The number of nitrogens with two attached hydrogens (primary N) is 1. The average molecular weight is 289 g/mol. The molecule has 1 aliphatic carbocycles. The first-order chi connectivity index (χ1) is 9.75. The van der Waals surface area contributed by atoms with Crippen molar-refractivity contribution in [2.24, 2.45) is 17.3 Å². The highest BCUT2D eigenvalue weighted by Gasteiger charge is 2.31. The Morgan fingerprint density at radius 3 is 2.29 bits per heavy atom. The summed E-state index contributed by atoms with van der Waals surface area (Å²) in [7, 11) is 0. The molecule has 0 spiro atoms. The summed E-state index contributed by atoms with van der Waals surface area (Å²) in [5.41, 5.74) is 7.51. The fourth-order valence-electron chi connectivity index (χ4n) is 3.46. The smallest absolute Gasteiger partial charge is 0.134 e. The fourth-order valence-corrected chi connectivity index (χ4v) is 3.46. The Morgan fingerprint density at radius 1 is 1.14 bits per heavy atom. The van der Waals surface area contributed by atoms with E-state index < -0.39 is 0 Å². The van der Waals surface area contributed by atoms with E-state index in [9.17, 15) is 0 Å². The summed E-state index contributed by atoms with van der Waals surface area (Å²) in [6, 6.07) is 1.93. The van der Waals surface area contributed by atoms with Crippen molar-refractivity contribution < 1.29 is 0 Å². The van der Waals surface area contributed by atoms with Gasteiger partial charge in [-0.1, -0.05) is 34.6 Å². The minimum Gasteiger partial charge on any atom is -0.384 e. The largest absolute Gasteiger partial charge is 0.384 e. The molecule has 1 aliphatic rings. The minimum absolute atomic E-state index is 0.421. The summed E-state index contributed by atoms with van der Waals surface area (Å²) in [4.78, 5) is 9.31. The van der Waals surface area contributed by atoms with Gasteiger partial charge >= 0.3 is 0 Å². The van der Waals surface area contributed by atoms with Crippen LogP contribution >= 0.6 is 0 Å². The third-order valence-electron chi connectivity index (χ3n) is 4.75. The Bertz CT molecular complexity index is 466. The molecule has 2 N–H and O–H groups in total. The van der Waals surface area contributed by atoms with Crippen molar-refractivity contribution in [3.05, 3.63) is 17.6 Å². The fraction of sp³-hybridized carbons (Fsp3) is 0.778. The van der Waals surface area contributed by atoms with E-state index in [4.69, 9.17) is 10.7 Å². The first kappa shape index (κ1) is 16.3. The van der Waals surface area contributed by atoms with E-state index in [-0.39, 0.29) is 0 Å². The molecule has 2 rings (SSSR count). The van der Waals surface area contributed by atoms with E-state index in [0.717, 1.165) is 23.9 Å². The topological polar surface area (TPSA) is 51.8 Å². The normalized spacial score (nSPS) is 23.5. The lowest BCUT2D eigenvalue weighted by Gasteiger charge is -2.36. The standard InChI is InChI=1S/C18H31N3/c1-12(2)10-15-11-16(19)21-17(20-15)13-6-8-14(9-7-13)18(3,4)5/h11-14H,6-10H2,1-5H3,(H2,19,20,21). The van der Waals surface area contributed by atoms with Crippen LogP contribution in [0.5, 0.6) is 0 Å².